The number of likely N-dealkylation sites (N-methyl/N-ethyl adjacent to an activating group) is 1. The highest BCUT2D eigenvalue weighted by atomic mass is 31.2. The van der Waals surface area contributed by atoms with Crippen LogP contribution in [0.2, 0.25) is 0 Å². The third-order valence-electron chi connectivity index (χ3n) is 16.0. The number of carbonyl (C=O) groups is 10. The molecule has 426 valence electrons. The molecule has 9 amide bonds. The molecule has 1 aromatic heterocycles. The number of hydrogen-bond donors (Lipinski definition) is 8. The highest BCUT2D eigenvalue weighted by Gasteiger charge is 2.46. The summed E-state index contributed by atoms with van der Waals surface area (Å²) in [6.45, 7) is 1.69. The molecule has 4 fully saturated rings. The largest absolute Gasteiger partial charge is 0.396 e. The van der Waals surface area contributed by atoms with Gasteiger partial charge in [-0.1, -0.05) is 48.2 Å². The van der Waals surface area contributed by atoms with E-state index in [2.05, 4.69) is 38.1 Å². The summed E-state index contributed by atoms with van der Waals surface area (Å²) in [5.41, 5.74) is 6.81. The van der Waals surface area contributed by atoms with Crippen LogP contribution in [0.5, 0.6) is 0 Å². The Bertz CT molecular complexity index is 3290. The number of hydrogen-bond acceptors (Lipinski definition) is 12. The Morgan fingerprint density at radius 1 is 0.877 bits per heavy atom. The van der Waals surface area contributed by atoms with Crippen LogP contribution < -0.4 is 27.0 Å². The zero-order valence-electron chi connectivity index (χ0n) is 44.7. The van der Waals surface area contributed by atoms with Crippen LogP contribution in [0.15, 0.2) is 72.8 Å². The Balaban J connectivity index is 0.813. The zero-order valence-corrected chi connectivity index (χ0v) is 45.6. The van der Waals surface area contributed by atoms with Crippen molar-refractivity contribution in [3.05, 3.63) is 106 Å². The highest BCUT2D eigenvalue weighted by molar-refractivity contribution is 7.70. The minimum absolute atomic E-state index is 0.00320. The standard InChI is InChI=1S/C57H65N10O13P/c1-64-26-25-38-16-19-46(67(38)55(75)44(32-64)61-51(71)43-30-37-29-36(15-17-41(37)59-43)57(77)81(78,79)80)53(73)60-42(18-21-47(58)68)50(70)63-49(35-11-6-3-7-12-35)56(76)65-27-23-33(24-28-65)9-4-2-5-10-34-13-8-14-39-40(34)31-66(54(39)74)45-20-22-48(69)62-52(45)72/h3,6-8,11-15,17,29-30,33,38,42,44-46,49,59H,2,4,9,16,18-28,31-32H2,1H3,(H2,58,68)(H,60,73)(H,61,71)(H,63,70)(H,62,69,72)(H2,78,79,80)/t38-,42+,44+,45?,46+,49+/m1/s1. The second-order valence-corrected chi connectivity index (χ2v) is 23.0. The lowest BCUT2D eigenvalue weighted by Gasteiger charge is -2.38. The quantitative estimate of drug-likeness (QED) is 0.0325. The Morgan fingerprint density at radius 3 is 2.37 bits per heavy atom. The number of fused-ring (bicyclic) bond motifs is 3. The molecule has 4 saturated heterocycles. The maximum atomic E-state index is 14.6. The van der Waals surface area contributed by atoms with Gasteiger partial charge in [-0.15, -0.1) is 0 Å². The van der Waals surface area contributed by atoms with Crippen LogP contribution in [0.3, 0.4) is 0 Å². The summed E-state index contributed by atoms with van der Waals surface area (Å²) in [5, 5.41) is 11.1. The van der Waals surface area contributed by atoms with Crippen LogP contribution >= 0.6 is 7.60 Å². The topological polar surface area (TPSA) is 331 Å². The first-order valence-electron chi connectivity index (χ1n) is 27.3. The van der Waals surface area contributed by atoms with Gasteiger partial charge in [0.2, 0.25) is 41.4 Å². The first-order chi connectivity index (χ1) is 38.7. The summed E-state index contributed by atoms with van der Waals surface area (Å²) in [4.78, 5) is 162. The van der Waals surface area contributed by atoms with Gasteiger partial charge in [-0.2, -0.15) is 0 Å². The second-order valence-electron chi connectivity index (χ2n) is 21.5. The van der Waals surface area contributed by atoms with Crippen molar-refractivity contribution < 1.29 is 62.3 Å². The van der Waals surface area contributed by atoms with Gasteiger partial charge in [-0.25, -0.2) is 0 Å². The molecule has 9 N–H and O–H groups in total. The van der Waals surface area contributed by atoms with E-state index in [1.807, 2.05) is 11.0 Å². The van der Waals surface area contributed by atoms with E-state index in [9.17, 15) is 62.3 Å². The Morgan fingerprint density at radius 2 is 1.64 bits per heavy atom. The minimum atomic E-state index is -5.07. The molecular weight excluding hydrogens is 1060 g/mol. The second kappa shape index (κ2) is 24.8. The Labute approximate surface area is 466 Å². The number of aromatic amines is 1. The van der Waals surface area contributed by atoms with Crippen molar-refractivity contribution in [3.63, 3.8) is 0 Å². The average molecular weight is 1130 g/mol. The first-order valence-corrected chi connectivity index (χ1v) is 28.9. The molecule has 23 nitrogen and oxygen atoms in total. The number of rotatable bonds is 17. The fourth-order valence-electron chi connectivity index (χ4n) is 11.7. The lowest BCUT2D eigenvalue weighted by molar-refractivity contribution is -0.144. The molecular formula is C57H65N10O13P. The van der Waals surface area contributed by atoms with Crippen molar-refractivity contribution in [2.45, 2.75) is 120 Å². The van der Waals surface area contributed by atoms with Crippen LogP contribution in [0.4, 0.5) is 0 Å². The van der Waals surface area contributed by atoms with Gasteiger partial charge in [0.05, 0.1) is 0 Å². The Kier molecular flexibility index (Phi) is 17.6. The monoisotopic (exact) mass is 1130 g/mol. The summed E-state index contributed by atoms with van der Waals surface area (Å²) >= 11 is 0. The lowest BCUT2D eigenvalue weighted by Crippen LogP contribution is -2.61. The number of benzene rings is 3. The zero-order chi connectivity index (χ0) is 57.7. The van der Waals surface area contributed by atoms with Gasteiger partial charge in [0.15, 0.2) is 0 Å². The third kappa shape index (κ3) is 13.3. The van der Waals surface area contributed by atoms with Crippen LogP contribution in [0.1, 0.15) is 131 Å². The number of likely N-dealkylation sites (tertiary alicyclic amines) is 1. The number of imide groups is 1. The van der Waals surface area contributed by atoms with Gasteiger partial charge in [-0.3, -0.25) is 57.8 Å². The molecule has 0 spiro atoms. The van der Waals surface area contributed by atoms with Crippen molar-refractivity contribution in [2.75, 3.05) is 33.2 Å². The van der Waals surface area contributed by atoms with E-state index in [0.717, 1.165) is 24.0 Å². The van der Waals surface area contributed by atoms with E-state index < -0.39 is 84.8 Å². The van der Waals surface area contributed by atoms with Crippen molar-refractivity contribution in [2.24, 2.45) is 11.7 Å². The average Bonchev–Trinajstić information content (AvgIpc) is 4.21. The van der Waals surface area contributed by atoms with Gasteiger partial charge >= 0.3 is 7.60 Å². The van der Waals surface area contributed by atoms with Gasteiger partial charge in [0.1, 0.15) is 35.9 Å². The fourth-order valence-corrected chi connectivity index (χ4v) is 12.1. The summed E-state index contributed by atoms with van der Waals surface area (Å²) in [6.07, 6.45) is 4.84. The smallest absolute Gasteiger partial charge is 0.370 e. The molecule has 5 aliphatic heterocycles. The number of aromatic nitrogens is 1. The van der Waals surface area contributed by atoms with Crippen LogP contribution in [-0.4, -0.2) is 156 Å². The van der Waals surface area contributed by atoms with Gasteiger partial charge < -0.3 is 56.1 Å². The van der Waals surface area contributed by atoms with Gasteiger partial charge in [-0.05, 0) is 125 Å². The van der Waals surface area contributed by atoms with E-state index in [-0.39, 0.29) is 74.2 Å². The number of amides is 9. The summed E-state index contributed by atoms with van der Waals surface area (Å²) < 4.78 is 11.6. The first kappa shape index (κ1) is 57.6. The molecule has 0 bridgehead atoms. The van der Waals surface area contributed by atoms with Crippen molar-refractivity contribution >= 4 is 77.2 Å². The number of H-pyrrole nitrogens is 1. The molecule has 4 aromatic rings. The lowest BCUT2D eigenvalue weighted by atomic mass is 9.91. The molecule has 6 atom stereocenters. The molecule has 0 aliphatic carbocycles. The van der Waals surface area contributed by atoms with E-state index in [0.29, 0.717) is 79.7 Å². The van der Waals surface area contributed by atoms with Crippen LogP contribution in [-0.2, 0) is 44.7 Å². The number of unbranched alkanes of at least 4 members (excludes halogenated alkanes) is 1. The molecule has 81 heavy (non-hydrogen) atoms. The predicted octanol–water partition coefficient (Wildman–Crippen LogP) is 2.11. The van der Waals surface area contributed by atoms with E-state index in [1.165, 1.54) is 34.1 Å². The maximum absolute atomic E-state index is 14.6. The minimum Gasteiger partial charge on any atom is -0.370 e. The molecule has 0 saturated carbocycles. The number of nitrogens with one attached hydrogen (secondary N) is 5. The molecule has 3 aromatic carbocycles. The maximum Gasteiger partial charge on any atom is 0.396 e. The summed E-state index contributed by atoms with van der Waals surface area (Å²) in [5.74, 6) is 2.01. The van der Waals surface area contributed by atoms with Crippen molar-refractivity contribution in [1.82, 2.24) is 45.9 Å². The van der Waals surface area contributed by atoms with E-state index >= 15 is 0 Å². The molecule has 6 heterocycles. The number of primary amides is 1. The molecule has 5 aliphatic rings. The fraction of sp³-hybridized carbons (Fsp3) is 0.439. The number of nitrogens with two attached hydrogens (primary N) is 1. The van der Waals surface area contributed by atoms with Gasteiger partial charge in [0, 0.05) is 79.1 Å². The van der Waals surface area contributed by atoms with Crippen molar-refractivity contribution in [1.29, 1.82) is 0 Å². The van der Waals surface area contributed by atoms with Crippen LogP contribution in [0.25, 0.3) is 10.9 Å². The third-order valence-corrected chi connectivity index (χ3v) is 16.8. The number of carbonyl (C=O) groups excluding carboxylic acids is 10. The molecule has 0 radical (unpaired) electrons. The molecule has 1 unspecified atom stereocenters. The van der Waals surface area contributed by atoms with E-state index in [1.54, 1.807) is 54.4 Å². The Hall–Kier alpha value is -8.03. The number of nitrogens with zero attached hydrogens (tertiary/aromatic N) is 4. The van der Waals surface area contributed by atoms with Crippen LogP contribution in [0, 0.1) is 17.8 Å². The van der Waals surface area contributed by atoms with Crippen molar-refractivity contribution in [3.8, 4) is 11.8 Å². The van der Waals surface area contributed by atoms with E-state index in [4.69, 9.17) is 5.73 Å². The normalized spacial score (nSPS) is 21.4. The molecule has 9 rings (SSSR count). The SMILES string of the molecule is CN1CC[C@H]2CC[C@@H](C(=O)N[C@@H](CCC(N)=O)C(=O)N[C@H](C(=O)N3CCC(CCCC#Cc4cccc5c4CN(C4CCC(=O)NC4=O)C5=O)CC3)c3ccccc3)N2C(=O)[C@@H](NC(=O)c2cc3cc(C(=O)P(=O)(O)O)ccc3[nH]2)C1. The molecule has 24 heteroatoms. The summed E-state index contributed by atoms with van der Waals surface area (Å²) in [6, 6.07) is 13.5. The predicted molar refractivity (Wildman–Crippen MR) is 292 cm³/mol. The highest BCUT2D eigenvalue weighted by Crippen LogP contribution is 2.40. The summed E-state index contributed by atoms with van der Waals surface area (Å²) in [7, 11) is -3.27. The van der Waals surface area contributed by atoms with Gasteiger partial charge in [0.25, 0.3) is 17.3 Å². The number of piperidine rings is 2.